The van der Waals surface area contributed by atoms with Crippen LogP contribution in [0.2, 0.25) is 0 Å². The number of carbonyl (C=O) groups excluding carboxylic acids is 1. The molecule has 2 aliphatic heterocycles. The molecule has 6 heteroatoms. The minimum Gasteiger partial charge on any atom is -0.381 e. The lowest BCUT2D eigenvalue weighted by atomic mass is 9.67. The Morgan fingerprint density at radius 2 is 2.17 bits per heavy atom. The van der Waals surface area contributed by atoms with Crippen LogP contribution in [-0.4, -0.2) is 54.3 Å². The van der Waals surface area contributed by atoms with E-state index in [-0.39, 0.29) is 24.1 Å². The van der Waals surface area contributed by atoms with Crippen LogP contribution in [-0.2, 0) is 14.3 Å². The molecule has 0 aromatic rings. The van der Waals surface area contributed by atoms with Gasteiger partial charge in [-0.05, 0) is 37.7 Å². The molecular weight excluding hydrogens is 294 g/mol. The Kier molecular flexibility index (Phi) is 3.19. The van der Waals surface area contributed by atoms with Crippen molar-refractivity contribution in [2.75, 3.05) is 14.2 Å². The van der Waals surface area contributed by atoms with E-state index < -0.39 is 11.1 Å². The van der Waals surface area contributed by atoms with Gasteiger partial charge in [0.25, 0.3) is 5.91 Å². The first-order valence-electron chi connectivity index (χ1n) is 8.25. The fraction of sp³-hybridized carbons (Fsp3) is 0.647. The van der Waals surface area contributed by atoms with E-state index in [2.05, 4.69) is 6.08 Å². The van der Waals surface area contributed by atoms with Crippen molar-refractivity contribution in [3.63, 3.8) is 0 Å². The second kappa shape index (κ2) is 4.92. The van der Waals surface area contributed by atoms with E-state index in [9.17, 15) is 4.79 Å². The number of rotatable bonds is 1. The highest BCUT2D eigenvalue weighted by Crippen LogP contribution is 2.56. The summed E-state index contributed by atoms with van der Waals surface area (Å²) in [7, 11) is 3.43. The van der Waals surface area contributed by atoms with Gasteiger partial charge in [-0.15, -0.1) is 0 Å². The zero-order valence-electron chi connectivity index (χ0n) is 13.6. The van der Waals surface area contributed by atoms with Crippen LogP contribution >= 0.6 is 0 Å². The van der Waals surface area contributed by atoms with Gasteiger partial charge >= 0.3 is 0 Å². The van der Waals surface area contributed by atoms with Gasteiger partial charge in [-0.25, -0.2) is 4.99 Å². The van der Waals surface area contributed by atoms with Crippen molar-refractivity contribution in [1.29, 1.82) is 0 Å². The van der Waals surface area contributed by atoms with Gasteiger partial charge in [-0.3, -0.25) is 9.69 Å². The van der Waals surface area contributed by atoms with Crippen LogP contribution in [0.3, 0.4) is 0 Å². The molecule has 2 spiro atoms. The molecule has 1 saturated heterocycles. The zero-order valence-corrected chi connectivity index (χ0v) is 13.6. The van der Waals surface area contributed by atoms with Crippen molar-refractivity contribution in [2.45, 2.75) is 55.5 Å². The molecule has 2 N–H and O–H groups in total. The first kappa shape index (κ1) is 14.9. The van der Waals surface area contributed by atoms with Gasteiger partial charge in [0, 0.05) is 14.2 Å². The Hall–Kier alpha value is -1.66. The van der Waals surface area contributed by atoms with Crippen LogP contribution in [0.4, 0.5) is 0 Å². The number of nitrogens with zero attached hydrogens (tertiary/aromatic N) is 2. The number of amides is 1. The highest BCUT2D eigenvalue weighted by molar-refractivity contribution is 6.10. The molecule has 2 heterocycles. The van der Waals surface area contributed by atoms with Gasteiger partial charge in [-0.2, -0.15) is 0 Å². The zero-order chi connectivity index (χ0) is 16.2. The molecule has 4 rings (SSSR count). The molecule has 1 amide bonds. The summed E-state index contributed by atoms with van der Waals surface area (Å²) in [5.41, 5.74) is 5.40. The Balaban J connectivity index is 1.83. The molecule has 0 aromatic heterocycles. The number of ether oxygens (including phenoxy) is 2. The van der Waals surface area contributed by atoms with Crippen LogP contribution in [0.15, 0.2) is 28.8 Å². The Morgan fingerprint density at radius 1 is 1.43 bits per heavy atom. The fourth-order valence-corrected chi connectivity index (χ4v) is 4.59. The quantitative estimate of drug-likeness (QED) is 0.786. The third-order valence-corrected chi connectivity index (χ3v) is 5.87. The predicted octanol–water partition coefficient (Wildman–Crippen LogP) is 1.12. The second-order valence-electron chi connectivity index (χ2n) is 6.87. The first-order valence-corrected chi connectivity index (χ1v) is 8.25. The van der Waals surface area contributed by atoms with E-state index in [4.69, 9.17) is 20.2 Å². The number of carbonyl (C=O) groups is 1. The molecule has 2 aliphatic carbocycles. The molecule has 0 radical (unpaired) electrons. The third kappa shape index (κ3) is 1.76. The molecular formula is C17H23N3O3. The molecule has 1 saturated carbocycles. The smallest absolute Gasteiger partial charge is 0.264 e. The molecule has 0 bridgehead atoms. The van der Waals surface area contributed by atoms with Gasteiger partial charge in [0.2, 0.25) is 0 Å². The fourth-order valence-electron chi connectivity index (χ4n) is 4.59. The highest BCUT2D eigenvalue weighted by atomic mass is 16.5. The normalized spacial score (nSPS) is 42.3. The van der Waals surface area contributed by atoms with E-state index in [1.165, 1.54) is 4.90 Å². The Bertz CT molecular complexity index is 631. The standard InChI is InChI=1S/C17H23N3O3/c1-20-14(21)17(19-15(20)18)12-5-3-4-6-13(12)23-16(17)9-7-11(22-2)8-10-16/h3-5,11,13H,6-10H2,1-2H3,(H2,18,19). The maximum Gasteiger partial charge on any atom is 0.264 e. The number of hydrogen-bond donors (Lipinski definition) is 1. The summed E-state index contributed by atoms with van der Waals surface area (Å²) in [6.45, 7) is 0. The number of fused-ring (bicyclic) bond motifs is 3. The monoisotopic (exact) mass is 317 g/mol. The maximum atomic E-state index is 13.2. The van der Waals surface area contributed by atoms with Crippen LogP contribution in [0.5, 0.6) is 0 Å². The van der Waals surface area contributed by atoms with Crippen molar-refractivity contribution >= 4 is 11.9 Å². The summed E-state index contributed by atoms with van der Waals surface area (Å²) in [4.78, 5) is 19.3. The number of likely N-dealkylation sites (N-methyl/N-ethyl adjacent to an activating group) is 1. The third-order valence-electron chi connectivity index (χ3n) is 5.87. The first-order chi connectivity index (χ1) is 11.0. The van der Waals surface area contributed by atoms with E-state index in [1.807, 2.05) is 12.2 Å². The lowest BCUT2D eigenvalue weighted by molar-refractivity contribution is -0.144. The number of aliphatic imine (C=N–C) groups is 1. The SMILES string of the molecule is COC1CCC2(CC1)OC1CC=CC=C1C21N=C(N)N(C)C1=O. The molecule has 2 atom stereocenters. The molecule has 124 valence electrons. The Labute approximate surface area is 136 Å². The molecule has 4 aliphatic rings. The molecule has 2 fully saturated rings. The summed E-state index contributed by atoms with van der Waals surface area (Å²) in [6.07, 6.45) is 10.3. The second-order valence-corrected chi connectivity index (χ2v) is 6.87. The number of allylic oxidation sites excluding steroid dienone is 2. The van der Waals surface area contributed by atoms with E-state index in [0.29, 0.717) is 0 Å². The maximum absolute atomic E-state index is 13.2. The van der Waals surface area contributed by atoms with Gasteiger partial charge in [-0.1, -0.05) is 18.2 Å². The van der Waals surface area contributed by atoms with Crippen molar-refractivity contribution in [2.24, 2.45) is 10.7 Å². The lowest BCUT2D eigenvalue weighted by Gasteiger charge is -2.43. The minimum absolute atomic E-state index is 0.0603. The summed E-state index contributed by atoms with van der Waals surface area (Å²) < 4.78 is 12.0. The largest absolute Gasteiger partial charge is 0.381 e. The van der Waals surface area contributed by atoms with Crippen LogP contribution in [0, 0.1) is 0 Å². The number of hydrogen-bond acceptors (Lipinski definition) is 5. The number of methoxy groups -OCH3 is 1. The van der Waals surface area contributed by atoms with Crippen molar-refractivity contribution in [1.82, 2.24) is 4.90 Å². The van der Waals surface area contributed by atoms with Crippen molar-refractivity contribution < 1.29 is 14.3 Å². The summed E-state index contributed by atoms with van der Waals surface area (Å²) in [6, 6.07) is 0. The van der Waals surface area contributed by atoms with Crippen molar-refractivity contribution in [3.8, 4) is 0 Å². The van der Waals surface area contributed by atoms with Crippen LogP contribution < -0.4 is 5.73 Å². The average molecular weight is 317 g/mol. The Morgan fingerprint density at radius 3 is 2.78 bits per heavy atom. The molecule has 23 heavy (non-hydrogen) atoms. The highest BCUT2D eigenvalue weighted by Gasteiger charge is 2.70. The summed E-state index contributed by atoms with van der Waals surface area (Å²) >= 11 is 0. The van der Waals surface area contributed by atoms with E-state index >= 15 is 0 Å². The van der Waals surface area contributed by atoms with Gasteiger partial charge in [0.05, 0.1) is 12.2 Å². The van der Waals surface area contributed by atoms with Crippen LogP contribution in [0.25, 0.3) is 0 Å². The molecule has 6 nitrogen and oxygen atoms in total. The number of guanidine groups is 1. The van der Waals surface area contributed by atoms with E-state index in [0.717, 1.165) is 37.7 Å². The summed E-state index contributed by atoms with van der Waals surface area (Å²) in [5.74, 6) is 0.220. The van der Waals surface area contributed by atoms with Crippen LogP contribution in [0.1, 0.15) is 32.1 Å². The average Bonchev–Trinajstić information content (AvgIpc) is 2.97. The summed E-state index contributed by atoms with van der Waals surface area (Å²) in [5, 5.41) is 0. The lowest BCUT2D eigenvalue weighted by Crippen LogP contribution is -2.58. The van der Waals surface area contributed by atoms with Gasteiger partial charge in [0.15, 0.2) is 11.5 Å². The van der Waals surface area contributed by atoms with Gasteiger partial charge < -0.3 is 15.2 Å². The van der Waals surface area contributed by atoms with Gasteiger partial charge in [0.1, 0.15) is 5.60 Å². The molecule has 0 aromatic carbocycles. The van der Waals surface area contributed by atoms with E-state index in [1.54, 1.807) is 14.2 Å². The number of nitrogens with two attached hydrogens (primary N) is 1. The van der Waals surface area contributed by atoms with Crippen molar-refractivity contribution in [3.05, 3.63) is 23.8 Å². The molecule has 2 unspecified atom stereocenters. The minimum atomic E-state index is -0.986. The topological polar surface area (TPSA) is 77.2 Å². The predicted molar refractivity (Wildman–Crippen MR) is 85.8 cm³/mol.